The maximum atomic E-state index is 12.9. The molecular formula is C22H22N4O4. The Bertz CT molecular complexity index is 1060. The minimum Gasteiger partial charge on any atom is -0.497 e. The highest BCUT2D eigenvalue weighted by molar-refractivity contribution is 6.04. The summed E-state index contributed by atoms with van der Waals surface area (Å²) in [6.07, 6.45) is 0.810. The van der Waals surface area contributed by atoms with E-state index in [9.17, 15) is 9.59 Å². The zero-order valence-electron chi connectivity index (χ0n) is 16.8. The van der Waals surface area contributed by atoms with Gasteiger partial charge in [0.05, 0.1) is 24.3 Å². The summed E-state index contributed by atoms with van der Waals surface area (Å²) >= 11 is 0. The fourth-order valence-electron chi connectivity index (χ4n) is 3.42. The van der Waals surface area contributed by atoms with Gasteiger partial charge in [-0.3, -0.25) is 9.59 Å². The summed E-state index contributed by atoms with van der Waals surface area (Å²) in [6.45, 7) is 2.26. The number of anilines is 2. The summed E-state index contributed by atoms with van der Waals surface area (Å²) in [7, 11) is 1.59. The first kappa shape index (κ1) is 19.6. The molecule has 1 aromatic heterocycles. The van der Waals surface area contributed by atoms with Crippen molar-refractivity contribution in [1.29, 1.82) is 0 Å². The van der Waals surface area contributed by atoms with Crippen LogP contribution in [0.2, 0.25) is 0 Å². The van der Waals surface area contributed by atoms with Crippen LogP contribution in [-0.2, 0) is 16.0 Å². The van der Waals surface area contributed by atoms with Crippen LogP contribution in [0.3, 0.4) is 0 Å². The van der Waals surface area contributed by atoms with Crippen LogP contribution in [0.5, 0.6) is 5.75 Å². The van der Waals surface area contributed by atoms with E-state index < -0.39 is 5.92 Å². The zero-order valence-corrected chi connectivity index (χ0v) is 16.8. The van der Waals surface area contributed by atoms with Crippen molar-refractivity contribution in [3.8, 4) is 17.2 Å². The van der Waals surface area contributed by atoms with Gasteiger partial charge in [0.15, 0.2) is 5.82 Å². The highest BCUT2D eigenvalue weighted by atomic mass is 16.5. The molecule has 0 spiro atoms. The van der Waals surface area contributed by atoms with Crippen molar-refractivity contribution in [3.05, 3.63) is 54.4 Å². The Labute approximate surface area is 173 Å². The number of hydrogen-bond donors (Lipinski definition) is 1. The van der Waals surface area contributed by atoms with Crippen LogP contribution in [0.15, 0.2) is 53.1 Å². The number of hydrogen-bond acceptors (Lipinski definition) is 6. The minimum atomic E-state index is -0.457. The van der Waals surface area contributed by atoms with Gasteiger partial charge in [0.25, 0.3) is 5.89 Å². The Kier molecular flexibility index (Phi) is 5.47. The van der Waals surface area contributed by atoms with E-state index >= 15 is 0 Å². The van der Waals surface area contributed by atoms with Gasteiger partial charge in [-0.25, -0.2) is 0 Å². The molecule has 1 N–H and O–H groups in total. The van der Waals surface area contributed by atoms with Crippen molar-refractivity contribution in [2.24, 2.45) is 5.92 Å². The Morgan fingerprint density at radius 1 is 1.23 bits per heavy atom. The third kappa shape index (κ3) is 3.89. The molecule has 8 heteroatoms. The lowest BCUT2D eigenvalue weighted by atomic mass is 10.1. The average Bonchev–Trinajstić information content (AvgIpc) is 3.41. The topological polar surface area (TPSA) is 97.6 Å². The summed E-state index contributed by atoms with van der Waals surface area (Å²) in [4.78, 5) is 31.4. The second-order valence-corrected chi connectivity index (χ2v) is 7.01. The van der Waals surface area contributed by atoms with Crippen LogP contribution < -0.4 is 15.0 Å². The number of carbonyl (C=O) groups is 2. The number of carbonyl (C=O) groups excluding carboxylic acids is 2. The van der Waals surface area contributed by atoms with E-state index in [-0.39, 0.29) is 18.2 Å². The van der Waals surface area contributed by atoms with Crippen molar-refractivity contribution in [2.45, 2.75) is 19.8 Å². The first-order chi connectivity index (χ1) is 14.6. The normalized spacial score (nSPS) is 16.0. The van der Waals surface area contributed by atoms with Gasteiger partial charge in [-0.15, -0.1) is 0 Å². The third-order valence-corrected chi connectivity index (χ3v) is 5.08. The van der Waals surface area contributed by atoms with Gasteiger partial charge in [-0.2, -0.15) is 4.98 Å². The molecule has 0 radical (unpaired) electrons. The summed E-state index contributed by atoms with van der Waals surface area (Å²) in [5.41, 5.74) is 1.97. The molecule has 154 valence electrons. The van der Waals surface area contributed by atoms with Gasteiger partial charge in [0.2, 0.25) is 11.8 Å². The maximum Gasteiger partial charge on any atom is 0.260 e. The molecule has 0 aliphatic carbocycles. The van der Waals surface area contributed by atoms with Gasteiger partial charge < -0.3 is 19.5 Å². The number of benzene rings is 2. The quantitative estimate of drug-likeness (QED) is 0.675. The molecule has 1 aliphatic rings. The molecule has 1 fully saturated rings. The summed E-state index contributed by atoms with van der Waals surface area (Å²) < 4.78 is 10.5. The molecule has 0 bridgehead atoms. The Morgan fingerprint density at radius 3 is 2.70 bits per heavy atom. The van der Waals surface area contributed by atoms with Gasteiger partial charge in [-0.1, -0.05) is 24.2 Å². The lowest BCUT2D eigenvalue weighted by molar-refractivity contribution is -0.122. The number of aryl methyl sites for hydroxylation is 1. The summed E-state index contributed by atoms with van der Waals surface area (Å²) in [5.74, 6) is 0.901. The van der Waals surface area contributed by atoms with Gasteiger partial charge in [0.1, 0.15) is 5.75 Å². The first-order valence-electron chi connectivity index (χ1n) is 9.76. The molecular weight excluding hydrogens is 384 g/mol. The average molecular weight is 406 g/mol. The molecule has 1 saturated heterocycles. The van der Waals surface area contributed by atoms with Crippen molar-refractivity contribution < 1.29 is 18.8 Å². The summed E-state index contributed by atoms with van der Waals surface area (Å²) in [6, 6.07) is 14.5. The number of ether oxygens (including phenoxy) is 1. The van der Waals surface area contributed by atoms with Crippen LogP contribution in [0.25, 0.3) is 11.5 Å². The van der Waals surface area contributed by atoms with E-state index in [4.69, 9.17) is 9.26 Å². The molecule has 30 heavy (non-hydrogen) atoms. The van der Waals surface area contributed by atoms with Crippen LogP contribution in [-0.4, -0.2) is 35.6 Å². The fourth-order valence-corrected chi connectivity index (χ4v) is 3.42. The van der Waals surface area contributed by atoms with E-state index in [1.165, 1.54) is 0 Å². The second kappa shape index (κ2) is 8.36. The second-order valence-electron chi connectivity index (χ2n) is 7.01. The maximum absolute atomic E-state index is 12.9. The molecule has 2 aromatic carbocycles. The number of aromatic nitrogens is 2. The predicted octanol–water partition coefficient (Wildman–Crippen LogP) is 3.30. The highest BCUT2D eigenvalue weighted by Gasteiger charge is 2.35. The Morgan fingerprint density at radius 2 is 2.00 bits per heavy atom. The monoisotopic (exact) mass is 406 g/mol. The zero-order chi connectivity index (χ0) is 21.1. The molecule has 2 amide bonds. The number of rotatable bonds is 6. The number of amides is 2. The van der Waals surface area contributed by atoms with Crippen molar-refractivity contribution in [2.75, 3.05) is 23.9 Å². The predicted molar refractivity (Wildman–Crippen MR) is 111 cm³/mol. The molecule has 8 nitrogen and oxygen atoms in total. The fraction of sp³-hybridized carbons (Fsp3) is 0.273. The van der Waals surface area contributed by atoms with Gasteiger partial charge in [0, 0.05) is 25.1 Å². The standard InChI is InChI=1S/C22H22N4O4/c1-3-19-24-22(30-25-19)17-6-4-5-7-18(17)23-21(28)14-12-20(27)26(13-14)15-8-10-16(29-2)11-9-15/h4-11,14H,3,12-13H2,1-2H3,(H,23,28). The van der Waals surface area contributed by atoms with Crippen molar-refractivity contribution in [1.82, 2.24) is 10.1 Å². The Balaban J connectivity index is 1.49. The largest absolute Gasteiger partial charge is 0.497 e. The lowest BCUT2D eigenvalue weighted by Crippen LogP contribution is -2.28. The number of para-hydroxylation sites is 1. The lowest BCUT2D eigenvalue weighted by Gasteiger charge is -2.17. The SMILES string of the molecule is CCc1noc(-c2ccccc2NC(=O)C2CC(=O)N(c3ccc(OC)cc3)C2)n1. The number of methoxy groups -OCH3 is 1. The highest BCUT2D eigenvalue weighted by Crippen LogP contribution is 2.30. The molecule has 1 unspecified atom stereocenters. The molecule has 1 atom stereocenters. The van der Waals surface area contributed by atoms with E-state index in [0.717, 1.165) is 5.69 Å². The van der Waals surface area contributed by atoms with E-state index in [0.29, 0.717) is 41.7 Å². The molecule has 0 saturated carbocycles. The Hall–Kier alpha value is -3.68. The van der Waals surface area contributed by atoms with Crippen molar-refractivity contribution >= 4 is 23.2 Å². The first-order valence-corrected chi connectivity index (χ1v) is 9.76. The molecule has 3 aromatic rings. The smallest absolute Gasteiger partial charge is 0.260 e. The van der Waals surface area contributed by atoms with Gasteiger partial charge in [-0.05, 0) is 36.4 Å². The number of nitrogens with one attached hydrogen (secondary N) is 1. The van der Waals surface area contributed by atoms with Crippen molar-refractivity contribution in [3.63, 3.8) is 0 Å². The van der Waals surface area contributed by atoms with Crippen LogP contribution in [0.1, 0.15) is 19.2 Å². The van der Waals surface area contributed by atoms with E-state index in [1.807, 2.05) is 37.3 Å². The third-order valence-electron chi connectivity index (χ3n) is 5.08. The number of nitrogens with zero attached hydrogens (tertiary/aromatic N) is 3. The molecule has 4 rings (SSSR count). The van der Waals surface area contributed by atoms with Gasteiger partial charge >= 0.3 is 0 Å². The summed E-state index contributed by atoms with van der Waals surface area (Å²) in [5, 5.41) is 6.84. The van der Waals surface area contributed by atoms with Crippen LogP contribution in [0, 0.1) is 5.92 Å². The minimum absolute atomic E-state index is 0.0851. The van der Waals surface area contributed by atoms with Crippen LogP contribution in [0.4, 0.5) is 11.4 Å². The van der Waals surface area contributed by atoms with E-state index in [1.54, 1.807) is 30.2 Å². The van der Waals surface area contributed by atoms with Crippen LogP contribution >= 0.6 is 0 Å². The van der Waals surface area contributed by atoms with E-state index in [2.05, 4.69) is 15.5 Å². The molecule has 2 heterocycles. The molecule has 1 aliphatic heterocycles.